The largest absolute Gasteiger partial charge is 0.372 e. The van der Waals surface area contributed by atoms with E-state index in [0.717, 1.165) is 18.8 Å². The maximum atomic E-state index is 12.4. The average Bonchev–Trinajstić information content (AvgIpc) is 3.37. The number of anilines is 3. The second-order valence-corrected chi connectivity index (χ2v) is 6.93. The minimum absolute atomic E-state index is 0.0320. The molecule has 136 valence electrons. The van der Waals surface area contributed by atoms with Crippen LogP contribution in [0.2, 0.25) is 0 Å². The van der Waals surface area contributed by atoms with Crippen molar-refractivity contribution in [1.29, 1.82) is 0 Å². The number of hydrogen-bond donors (Lipinski definition) is 1. The summed E-state index contributed by atoms with van der Waals surface area (Å²) in [5.41, 5.74) is 2.03. The fourth-order valence-corrected chi connectivity index (χ4v) is 3.61. The monoisotopic (exact) mass is 354 g/mol. The van der Waals surface area contributed by atoms with Gasteiger partial charge in [-0.05, 0) is 44.0 Å². The van der Waals surface area contributed by atoms with Crippen molar-refractivity contribution in [1.82, 2.24) is 5.16 Å². The predicted molar refractivity (Wildman–Crippen MR) is 98.2 cm³/mol. The van der Waals surface area contributed by atoms with Crippen LogP contribution in [0, 0.1) is 12.8 Å². The smallest absolute Gasteiger partial charge is 0.231 e. The van der Waals surface area contributed by atoms with Crippen LogP contribution in [0.25, 0.3) is 0 Å². The normalized spacial score (nSPS) is 20.0. The van der Waals surface area contributed by atoms with Gasteiger partial charge in [0.1, 0.15) is 5.76 Å². The molecule has 2 fully saturated rings. The molecular weight excluding hydrogens is 332 g/mol. The highest BCUT2D eigenvalue weighted by Crippen LogP contribution is 2.29. The molecule has 0 spiro atoms. The van der Waals surface area contributed by atoms with Gasteiger partial charge >= 0.3 is 0 Å². The van der Waals surface area contributed by atoms with Gasteiger partial charge in [-0.15, -0.1) is 0 Å². The van der Waals surface area contributed by atoms with Crippen molar-refractivity contribution in [2.24, 2.45) is 5.92 Å². The highest BCUT2D eigenvalue weighted by molar-refractivity contribution is 6.03. The van der Waals surface area contributed by atoms with Crippen LogP contribution in [0.4, 0.5) is 17.2 Å². The standard InChI is InChI=1S/C19H22N4O3/c1-13-10-17(21-26-13)20-19(25)14-11-18(24)23(12-14)16-6-4-15(5-7-16)22-8-2-3-9-22/h4-7,10,14H,2-3,8-9,11-12H2,1H3,(H,20,21,25). The molecule has 7 nitrogen and oxygen atoms in total. The first-order valence-electron chi connectivity index (χ1n) is 9.00. The van der Waals surface area contributed by atoms with Gasteiger partial charge in [-0.2, -0.15) is 0 Å². The Bertz CT molecular complexity index is 808. The molecule has 1 atom stereocenters. The quantitative estimate of drug-likeness (QED) is 0.913. The summed E-state index contributed by atoms with van der Waals surface area (Å²) in [6.07, 6.45) is 2.67. The Morgan fingerprint density at radius 3 is 2.54 bits per heavy atom. The lowest BCUT2D eigenvalue weighted by atomic mass is 10.1. The molecule has 0 bridgehead atoms. The van der Waals surface area contributed by atoms with Crippen molar-refractivity contribution in [3.63, 3.8) is 0 Å². The van der Waals surface area contributed by atoms with Crippen LogP contribution in [0.5, 0.6) is 0 Å². The van der Waals surface area contributed by atoms with Crippen LogP contribution >= 0.6 is 0 Å². The molecule has 7 heteroatoms. The zero-order valence-electron chi connectivity index (χ0n) is 14.8. The number of nitrogens with zero attached hydrogens (tertiary/aromatic N) is 3. The lowest BCUT2D eigenvalue weighted by Gasteiger charge is -2.20. The number of carbonyl (C=O) groups excluding carboxylic acids is 2. The van der Waals surface area contributed by atoms with Gasteiger partial charge in [-0.3, -0.25) is 9.59 Å². The van der Waals surface area contributed by atoms with E-state index in [1.165, 1.54) is 18.5 Å². The van der Waals surface area contributed by atoms with Crippen LogP contribution in [0.15, 0.2) is 34.9 Å². The molecule has 0 radical (unpaired) electrons. The lowest BCUT2D eigenvalue weighted by Crippen LogP contribution is -2.28. The van der Waals surface area contributed by atoms with Gasteiger partial charge in [0.25, 0.3) is 0 Å². The van der Waals surface area contributed by atoms with E-state index in [9.17, 15) is 9.59 Å². The number of aryl methyl sites for hydroxylation is 1. The van der Waals surface area contributed by atoms with Gasteiger partial charge in [0.2, 0.25) is 11.8 Å². The molecule has 2 saturated heterocycles. The third-order valence-electron chi connectivity index (χ3n) is 5.01. The molecule has 1 N–H and O–H groups in total. The molecule has 4 rings (SSSR count). The van der Waals surface area contributed by atoms with Crippen LogP contribution in [-0.2, 0) is 9.59 Å². The summed E-state index contributed by atoms with van der Waals surface area (Å²) in [4.78, 5) is 28.8. The molecule has 0 saturated carbocycles. The van der Waals surface area contributed by atoms with E-state index in [2.05, 4.69) is 27.5 Å². The molecule has 2 aromatic rings. The summed E-state index contributed by atoms with van der Waals surface area (Å²) in [5.74, 6) is 0.381. The highest BCUT2D eigenvalue weighted by Gasteiger charge is 2.35. The first kappa shape index (κ1) is 16.6. The minimum Gasteiger partial charge on any atom is -0.372 e. The Morgan fingerprint density at radius 1 is 1.19 bits per heavy atom. The third-order valence-corrected chi connectivity index (χ3v) is 5.01. The summed E-state index contributed by atoms with van der Waals surface area (Å²) in [5, 5.41) is 6.47. The summed E-state index contributed by atoms with van der Waals surface area (Å²) in [6.45, 7) is 4.32. The number of amides is 2. The lowest BCUT2D eigenvalue weighted by molar-refractivity contribution is -0.122. The zero-order valence-corrected chi connectivity index (χ0v) is 14.8. The minimum atomic E-state index is -0.391. The van der Waals surface area contributed by atoms with Gasteiger partial charge in [0, 0.05) is 43.5 Å². The second-order valence-electron chi connectivity index (χ2n) is 6.93. The first-order chi connectivity index (χ1) is 12.6. The summed E-state index contributed by atoms with van der Waals surface area (Å²) < 4.78 is 4.95. The van der Waals surface area contributed by atoms with Crippen molar-refractivity contribution in [3.8, 4) is 0 Å². The van der Waals surface area contributed by atoms with E-state index in [1.54, 1.807) is 17.9 Å². The third kappa shape index (κ3) is 3.29. The van der Waals surface area contributed by atoms with Crippen molar-refractivity contribution < 1.29 is 14.1 Å². The SMILES string of the molecule is Cc1cc(NC(=O)C2CC(=O)N(c3ccc(N4CCCC4)cc3)C2)no1. The topological polar surface area (TPSA) is 78.7 Å². The predicted octanol–water partition coefficient (Wildman–Crippen LogP) is 2.57. The Kier molecular flexibility index (Phi) is 4.36. The van der Waals surface area contributed by atoms with Crippen LogP contribution in [0.1, 0.15) is 25.0 Å². The molecule has 1 aromatic carbocycles. The van der Waals surface area contributed by atoms with Crippen molar-refractivity contribution >= 4 is 29.0 Å². The molecule has 1 unspecified atom stereocenters. The molecular formula is C19H22N4O3. The van der Waals surface area contributed by atoms with Crippen LogP contribution < -0.4 is 15.1 Å². The number of rotatable bonds is 4. The fraction of sp³-hybridized carbons (Fsp3) is 0.421. The van der Waals surface area contributed by atoms with Gasteiger partial charge < -0.3 is 19.6 Å². The van der Waals surface area contributed by atoms with Gasteiger partial charge in [0.05, 0.1) is 5.92 Å². The number of hydrogen-bond acceptors (Lipinski definition) is 5. The Morgan fingerprint density at radius 2 is 1.88 bits per heavy atom. The molecule has 0 aliphatic carbocycles. The number of nitrogens with one attached hydrogen (secondary N) is 1. The van der Waals surface area contributed by atoms with Crippen LogP contribution in [-0.4, -0.2) is 36.6 Å². The number of aromatic nitrogens is 1. The van der Waals surface area contributed by atoms with Gasteiger partial charge in [0.15, 0.2) is 5.82 Å². The van der Waals surface area contributed by atoms with Crippen molar-refractivity contribution in [2.75, 3.05) is 34.8 Å². The van der Waals surface area contributed by atoms with Crippen LogP contribution in [0.3, 0.4) is 0 Å². The fourth-order valence-electron chi connectivity index (χ4n) is 3.61. The molecule has 3 heterocycles. The second kappa shape index (κ2) is 6.82. The van der Waals surface area contributed by atoms with E-state index in [-0.39, 0.29) is 18.2 Å². The van der Waals surface area contributed by atoms with E-state index >= 15 is 0 Å². The van der Waals surface area contributed by atoms with Crippen molar-refractivity contribution in [2.45, 2.75) is 26.2 Å². The van der Waals surface area contributed by atoms with E-state index in [1.807, 2.05) is 12.1 Å². The average molecular weight is 354 g/mol. The Balaban J connectivity index is 1.41. The maximum Gasteiger partial charge on any atom is 0.231 e. The zero-order chi connectivity index (χ0) is 18.1. The van der Waals surface area contributed by atoms with E-state index in [0.29, 0.717) is 18.1 Å². The van der Waals surface area contributed by atoms with Gasteiger partial charge in [-0.1, -0.05) is 5.16 Å². The van der Waals surface area contributed by atoms with Gasteiger partial charge in [-0.25, -0.2) is 0 Å². The Hall–Kier alpha value is -2.83. The van der Waals surface area contributed by atoms with Crippen molar-refractivity contribution in [3.05, 3.63) is 36.1 Å². The van der Waals surface area contributed by atoms with E-state index < -0.39 is 5.92 Å². The summed E-state index contributed by atoms with van der Waals surface area (Å²) in [7, 11) is 0. The Labute approximate surface area is 151 Å². The van der Waals surface area contributed by atoms with E-state index in [4.69, 9.17) is 4.52 Å². The number of carbonyl (C=O) groups is 2. The molecule has 2 aliphatic heterocycles. The molecule has 26 heavy (non-hydrogen) atoms. The molecule has 2 aliphatic rings. The highest BCUT2D eigenvalue weighted by atomic mass is 16.5. The summed E-state index contributed by atoms with van der Waals surface area (Å²) in [6, 6.07) is 9.70. The number of benzene rings is 1. The maximum absolute atomic E-state index is 12.4. The first-order valence-corrected chi connectivity index (χ1v) is 9.00. The summed E-state index contributed by atoms with van der Waals surface area (Å²) >= 11 is 0. The molecule has 1 aromatic heterocycles. The molecule has 2 amide bonds.